The van der Waals surface area contributed by atoms with Crippen molar-refractivity contribution in [1.29, 1.82) is 0 Å². The second-order valence-corrected chi connectivity index (χ2v) is 6.00. The average molecular weight is 294 g/mol. The van der Waals surface area contributed by atoms with Crippen LogP contribution in [-0.4, -0.2) is 54.3 Å². The molecular formula is C15H22N2O4. The number of aromatic amines is 1. The number of ether oxygens (including phenoxy) is 2. The van der Waals surface area contributed by atoms with Gasteiger partial charge in [0.1, 0.15) is 0 Å². The number of carbonyl (C=O) groups is 1. The maximum absolute atomic E-state index is 12.7. The molecule has 1 atom stereocenters. The van der Waals surface area contributed by atoms with Crippen LogP contribution >= 0.6 is 0 Å². The van der Waals surface area contributed by atoms with Crippen LogP contribution in [0.25, 0.3) is 0 Å². The highest BCUT2D eigenvalue weighted by Crippen LogP contribution is 2.23. The highest BCUT2D eigenvalue weighted by atomic mass is 16.5. The molecule has 1 amide bonds. The second kappa shape index (κ2) is 5.99. The van der Waals surface area contributed by atoms with Gasteiger partial charge in [-0.3, -0.25) is 9.59 Å². The largest absolute Gasteiger partial charge is 0.382 e. The summed E-state index contributed by atoms with van der Waals surface area (Å²) in [4.78, 5) is 28.4. The molecule has 0 radical (unpaired) electrons. The lowest BCUT2D eigenvalue weighted by molar-refractivity contribution is -0.143. The first-order valence-electron chi connectivity index (χ1n) is 6.98. The molecule has 1 N–H and O–H groups in total. The fourth-order valence-electron chi connectivity index (χ4n) is 2.70. The van der Waals surface area contributed by atoms with E-state index >= 15 is 0 Å². The van der Waals surface area contributed by atoms with Gasteiger partial charge in [-0.2, -0.15) is 0 Å². The molecule has 1 aromatic rings. The molecule has 0 bridgehead atoms. The Kier molecular flexibility index (Phi) is 4.49. The molecule has 1 aliphatic heterocycles. The van der Waals surface area contributed by atoms with Crippen LogP contribution in [0.5, 0.6) is 0 Å². The number of rotatable bonds is 3. The third-order valence-corrected chi connectivity index (χ3v) is 3.47. The minimum absolute atomic E-state index is 0.0961. The van der Waals surface area contributed by atoms with Gasteiger partial charge in [0.05, 0.1) is 23.9 Å². The van der Waals surface area contributed by atoms with Crippen LogP contribution in [0.4, 0.5) is 0 Å². The summed E-state index contributed by atoms with van der Waals surface area (Å²) >= 11 is 0. The first kappa shape index (κ1) is 15.7. The van der Waals surface area contributed by atoms with Crippen LogP contribution in [0, 0.1) is 6.92 Å². The van der Waals surface area contributed by atoms with Crippen molar-refractivity contribution in [3.05, 3.63) is 33.7 Å². The minimum Gasteiger partial charge on any atom is -0.382 e. The molecule has 1 aliphatic rings. The molecule has 0 aliphatic carbocycles. The number of hydrogen-bond donors (Lipinski definition) is 1. The van der Waals surface area contributed by atoms with Crippen LogP contribution < -0.4 is 5.56 Å². The lowest BCUT2D eigenvalue weighted by Gasteiger charge is -2.42. The standard InChI is InChI=1S/C15H22N2O4/c1-10-12(5-6-13(18)16-10)14(19)17-7-11(8-20-4)21-15(2,3)9-17/h5-6,11H,7-9H2,1-4H3,(H,16,18). The van der Waals surface area contributed by atoms with Crippen molar-refractivity contribution in [2.75, 3.05) is 26.8 Å². The van der Waals surface area contributed by atoms with Crippen LogP contribution in [-0.2, 0) is 9.47 Å². The van der Waals surface area contributed by atoms with Crippen molar-refractivity contribution < 1.29 is 14.3 Å². The van der Waals surface area contributed by atoms with Gasteiger partial charge in [-0.15, -0.1) is 0 Å². The Hall–Kier alpha value is -1.66. The van der Waals surface area contributed by atoms with Crippen molar-refractivity contribution >= 4 is 5.91 Å². The average Bonchev–Trinajstić information content (AvgIpc) is 2.36. The van der Waals surface area contributed by atoms with E-state index in [-0.39, 0.29) is 17.6 Å². The molecule has 0 spiro atoms. The molecule has 1 saturated heterocycles. The Balaban J connectivity index is 2.22. The van der Waals surface area contributed by atoms with Gasteiger partial charge in [-0.1, -0.05) is 0 Å². The zero-order valence-electron chi connectivity index (χ0n) is 12.9. The molecule has 6 nitrogen and oxygen atoms in total. The van der Waals surface area contributed by atoms with Gasteiger partial charge in [-0.25, -0.2) is 0 Å². The molecule has 0 aromatic carbocycles. The van der Waals surface area contributed by atoms with Gasteiger partial charge < -0.3 is 19.4 Å². The molecule has 1 fully saturated rings. The SMILES string of the molecule is COCC1CN(C(=O)c2ccc(=O)[nH]c2C)CC(C)(C)O1. The maximum atomic E-state index is 12.7. The Bertz CT molecular complexity index is 579. The molecule has 2 heterocycles. The van der Waals surface area contributed by atoms with Gasteiger partial charge >= 0.3 is 0 Å². The molecule has 21 heavy (non-hydrogen) atoms. The van der Waals surface area contributed by atoms with E-state index in [2.05, 4.69) is 4.98 Å². The summed E-state index contributed by atoms with van der Waals surface area (Å²) in [5.74, 6) is -0.0961. The van der Waals surface area contributed by atoms with Gasteiger partial charge in [0.15, 0.2) is 0 Å². The zero-order valence-corrected chi connectivity index (χ0v) is 12.9. The van der Waals surface area contributed by atoms with E-state index in [1.54, 1.807) is 25.0 Å². The van der Waals surface area contributed by atoms with E-state index in [0.717, 1.165) is 0 Å². The topological polar surface area (TPSA) is 71.6 Å². The number of aryl methyl sites for hydroxylation is 1. The summed E-state index contributed by atoms with van der Waals surface area (Å²) in [6.45, 7) is 7.06. The number of aromatic nitrogens is 1. The first-order valence-corrected chi connectivity index (χ1v) is 6.98. The normalized spacial score (nSPS) is 21.3. The van der Waals surface area contributed by atoms with Crippen LogP contribution in [0.2, 0.25) is 0 Å². The van der Waals surface area contributed by atoms with Crippen LogP contribution in [0.3, 0.4) is 0 Å². The monoisotopic (exact) mass is 294 g/mol. The van der Waals surface area contributed by atoms with Crippen LogP contribution in [0.15, 0.2) is 16.9 Å². The lowest BCUT2D eigenvalue weighted by atomic mass is 10.0. The summed E-state index contributed by atoms with van der Waals surface area (Å²) in [6, 6.07) is 2.95. The van der Waals surface area contributed by atoms with Crippen molar-refractivity contribution in [2.45, 2.75) is 32.5 Å². The van der Waals surface area contributed by atoms with Crippen molar-refractivity contribution in [3.63, 3.8) is 0 Å². The molecule has 1 aromatic heterocycles. The summed E-state index contributed by atoms with van der Waals surface area (Å²) in [6.07, 6.45) is -0.147. The molecule has 1 unspecified atom stereocenters. The number of methoxy groups -OCH3 is 1. The summed E-state index contributed by atoms with van der Waals surface area (Å²) in [7, 11) is 1.61. The maximum Gasteiger partial charge on any atom is 0.255 e. The third-order valence-electron chi connectivity index (χ3n) is 3.47. The molecule has 0 saturated carbocycles. The van der Waals surface area contributed by atoms with Gasteiger partial charge in [-0.05, 0) is 26.8 Å². The summed E-state index contributed by atoms with van der Waals surface area (Å²) in [5, 5.41) is 0. The number of amides is 1. The van der Waals surface area contributed by atoms with Crippen LogP contribution in [0.1, 0.15) is 29.9 Å². The van der Waals surface area contributed by atoms with E-state index in [1.165, 1.54) is 6.07 Å². The molecular weight excluding hydrogens is 272 g/mol. The Morgan fingerprint density at radius 3 is 2.86 bits per heavy atom. The molecule has 116 valence electrons. The van der Waals surface area contributed by atoms with Gasteiger partial charge in [0.2, 0.25) is 5.56 Å². The Labute approximate surface area is 124 Å². The Morgan fingerprint density at radius 2 is 2.24 bits per heavy atom. The van der Waals surface area contributed by atoms with Gasteiger partial charge in [0.25, 0.3) is 5.91 Å². The fraction of sp³-hybridized carbons (Fsp3) is 0.600. The third kappa shape index (κ3) is 3.71. The predicted molar refractivity (Wildman–Crippen MR) is 78.5 cm³/mol. The fourth-order valence-corrected chi connectivity index (χ4v) is 2.70. The highest BCUT2D eigenvalue weighted by Gasteiger charge is 2.36. The second-order valence-electron chi connectivity index (χ2n) is 6.00. The van der Waals surface area contributed by atoms with Crippen molar-refractivity contribution in [1.82, 2.24) is 9.88 Å². The van der Waals surface area contributed by atoms with E-state index in [9.17, 15) is 9.59 Å². The summed E-state index contributed by atoms with van der Waals surface area (Å²) in [5.41, 5.74) is 0.472. The zero-order chi connectivity index (χ0) is 15.6. The van der Waals surface area contributed by atoms with Gasteiger partial charge in [0, 0.05) is 32.0 Å². The smallest absolute Gasteiger partial charge is 0.255 e. The number of hydrogen-bond acceptors (Lipinski definition) is 4. The predicted octanol–water partition coefficient (Wildman–Crippen LogP) is 0.949. The first-order chi connectivity index (χ1) is 9.82. The Morgan fingerprint density at radius 1 is 1.52 bits per heavy atom. The molecule has 2 rings (SSSR count). The highest BCUT2D eigenvalue weighted by molar-refractivity contribution is 5.95. The van der Waals surface area contributed by atoms with E-state index in [0.29, 0.717) is 31.0 Å². The number of carbonyl (C=O) groups excluding carboxylic acids is 1. The number of morpholine rings is 1. The van der Waals surface area contributed by atoms with Crippen molar-refractivity contribution in [2.24, 2.45) is 0 Å². The number of nitrogens with one attached hydrogen (secondary N) is 1. The van der Waals surface area contributed by atoms with E-state index in [4.69, 9.17) is 9.47 Å². The minimum atomic E-state index is -0.423. The number of H-pyrrole nitrogens is 1. The molecule has 6 heteroatoms. The van der Waals surface area contributed by atoms with E-state index < -0.39 is 5.60 Å². The quantitative estimate of drug-likeness (QED) is 0.901. The number of pyridine rings is 1. The summed E-state index contributed by atoms with van der Waals surface area (Å²) < 4.78 is 11.0. The van der Waals surface area contributed by atoms with Crippen molar-refractivity contribution in [3.8, 4) is 0 Å². The van der Waals surface area contributed by atoms with E-state index in [1.807, 2.05) is 13.8 Å². The lowest BCUT2D eigenvalue weighted by Crippen LogP contribution is -2.55. The number of nitrogens with zero attached hydrogens (tertiary/aromatic N) is 1.